The van der Waals surface area contributed by atoms with Gasteiger partial charge in [-0.2, -0.15) is 0 Å². The quantitative estimate of drug-likeness (QED) is 0.782. The summed E-state index contributed by atoms with van der Waals surface area (Å²) in [5, 5.41) is 3.41. The van der Waals surface area contributed by atoms with E-state index in [1.54, 1.807) is 7.11 Å². The summed E-state index contributed by atoms with van der Waals surface area (Å²) in [6.07, 6.45) is 2.56. The van der Waals surface area contributed by atoms with Crippen LogP contribution in [0.1, 0.15) is 38.4 Å². The topological polar surface area (TPSA) is 21.3 Å². The van der Waals surface area contributed by atoms with Crippen molar-refractivity contribution in [2.45, 2.75) is 38.8 Å². The Morgan fingerprint density at radius 1 is 1.24 bits per heavy atom. The highest BCUT2D eigenvalue weighted by Gasteiger charge is 2.26. The number of likely N-dealkylation sites (N-methyl/N-ethyl adjacent to an activating group) is 1. The van der Waals surface area contributed by atoms with E-state index in [9.17, 15) is 0 Å². The van der Waals surface area contributed by atoms with Gasteiger partial charge in [0.05, 0.1) is 6.10 Å². The maximum absolute atomic E-state index is 5.69. The molecule has 0 aromatic heterocycles. The van der Waals surface area contributed by atoms with Crippen molar-refractivity contribution in [2.75, 3.05) is 14.2 Å². The van der Waals surface area contributed by atoms with Gasteiger partial charge in [0.15, 0.2) is 0 Å². The molecule has 17 heavy (non-hydrogen) atoms. The number of methoxy groups -OCH3 is 1. The van der Waals surface area contributed by atoms with Crippen LogP contribution in [0.4, 0.5) is 0 Å². The van der Waals surface area contributed by atoms with E-state index >= 15 is 0 Å². The third-order valence-electron chi connectivity index (χ3n) is 3.40. The second kappa shape index (κ2) is 7.46. The fraction of sp³-hybridized carbons (Fsp3) is 0.600. The van der Waals surface area contributed by atoms with Gasteiger partial charge in [-0.25, -0.2) is 0 Å². The van der Waals surface area contributed by atoms with Crippen molar-refractivity contribution < 1.29 is 4.74 Å². The molecule has 2 nitrogen and oxygen atoms in total. The standard InChI is InChI=1S/C15H25NO/c1-5-9-12(2)14(16-3)15(17-4)13-10-7-6-8-11-13/h6-8,10-12,14-16H,5,9H2,1-4H3. The molecule has 0 aliphatic heterocycles. The van der Waals surface area contributed by atoms with Crippen molar-refractivity contribution >= 4 is 0 Å². The van der Waals surface area contributed by atoms with Crippen LogP contribution >= 0.6 is 0 Å². The minimum Gasteiger partial charge on any atom is -0.375 e. The SMILES string of the molecule is CCCC(C)C(NC)C(OC)c1ccccc1. The number of hydrogen-bond donors (Lipinski definition) is 1. The van der Waals surface area contributed by atoms with E-state index < -0.39 is 0 Å². The summed E-state index contributed by atoms with van der Waals surface area (Å²) in [4.78, 5) is 0. The normalized spacial score (nSPS) is 16.5. The third kappa shape index (κ3) is 3.83. The van der Waals surface area contributed by atoms with Crippen LogP contribution in [0.15, 0.2) is 30.3 Å². The Kier molecular flexibility index (Phi) is 6.23. The molecule has 2 heteroatoms. The highest BCUT2D eigenvalue weighted by molar-refractivity contribution is 5.19. The van der Waals surface area contributed by atoms with Crippen molar-refractivity contribution in [2.24, 2.45) is 5.92 Å². The highest BCUT2D eigenvalue weighted by atomic mass is 16.5. The van der Waals surface area contributed by atoms with Gasteiger partial charge in [0.1, 0.15) is 0 Å². The van der Waals surface area contributed by atoms with Gasteiger partial charge in [0.2, 0.25) is 0 Å². The van der Waals surface area contributed by atoms with Crippen LogP contribution in [-0.4, -0.2) is 20.2 Å². The second-order valence-electron chi connectivity index (χ2n) is 4.65. The van der Waals surface area contributed by atoms with Gasteiger partial charge >= 0.3 is 0 Å². The van der Waals surface area contributed by atoms with Gasteiger partial charge in [-0.1, -0.05) is 50.6 Å². The average Bonchev–Trinajstić information content (AvgIpc) is 2.37. The monoisotopic (exact) mass is 235 g/mol. The lowest BCUT2D eigenvalue weighted by atomic mass is 9.89. The van der Waals surface area contributed by atoms with Crippen LogP contribution < -0.4 is 5.32 Å². The van der Waals surface area contributed by atoms with Crippen LogP contribution in [0.25, 0.3) is 0 Å². The molecular weight excluding hydrogens is 210 g/mol. The van der Waals surface area contributed by atoms with E-state index in [1.807, 2.05) is 13.1 Å². The van der Waals surface area contributed by atoms with Crippen LogP contribution in [-0.2, 0) is 4.74 Å². The van der Waals surface area contributed by atoms with Gasteiger partial charge in [-0.05, 0) is 24.9 Å². The van der Waals surface area contributed by atoms with Gasteiger partial charge in [0.25, 0.3) is 0 Å². The summed E-state index contributed by atoms with van der Waals surface area (Å²) in [6, 6.07) is 10.8. The Hall–Kier alpha value is -0.860. The first-order valence-electron chi connectivity index (χ1n) is 6.49. The van der Waals surface area contributed by atoms with Crippen molar-refractivity contribution in [1.29, 1.82) is 0 Å². The molecule has 1 N–H and O–H groups in total. The fourth-order valence-electron chi connectivity index (χ4n) is 2.50. The van der Waals surface area contributed by atoms with E-state index in [4.69, 9.17) is 4.74 Å². The molecule has 96 valence electrons. The Morgan fingerprint density at radius 3 is 2.35 bits per heavy atom. The van der Waals surface area contributed by atoms with Gasteiger partial charge in [0, 0.05) is 13.2 Å². The Labute approximate surface area is 105 Å². The molecule has 3 unspecified atom stereocenters. The zero-order chi connectivity index (χ0) is 12.7. The Bertz CT molecular complexity index is 299. The van der Waals surface area contributed by atoms with Crippen LogP contribution in [0.3, 0.4) is 0 Å². The van der Waals surface area contributed by atoms with E-state index in [-0.39, 0.29) is 6.10 Å². The molecule has 0 aliphatic carbocycles. The Balaban J connectivity index is 2.83. The zero-order valence-corrected chi connectivity index (χ0v) is 11.4. The van der Waals surface area contributed by atoms with Gasteiger partial charge in [-0.15, -0.1) is 0 Å². The van der Waals surface area contributed by atoms with Crippen LogP contribution in [0.2, 0.25) is 0 Å². The first-order chi connectivity index (χ1) is 8.24. The molecule has 1 rings (SSSR count). The van der Waals surface area contributed by atoms with E-state index in [2.05, 4.69) is 43.4 Å². The molecule has 0 saturated carbocycles. The predicted octanol–water partition coefficient (Wildman–Crippen LogP) is 3.40. The van der Waals surface area contributed by atoms with Crippen molar-refractivity contribution in [3.8, 4) is 0 Å². The lowest BCUT2D eigenvalue weighted by Gasteiger charge is -2.31. The molecule has 0 bridgehead atoms. The van der Waals surface area contributed by atoms with Crippen molar-refractivity contribution in [3.05, 3.63) is 35.9 Å². The molecule has 0 aliphatic rings. The zero-order valence-electron chi connectivity index (χ0n) is 11.4. The summed E-state index contributed by atoms with van der Waals surface area (Å²) < 4.78 is 5.69. The minimum absolute atomic E-state index is 0.128. The molecule has 3 atom stereocenters. The third-order valence-corrected chi connectivity index (χ3v) is 3.40. The van der Waals surface area contributed by atoms with Gasteiger partial charge < -0.3 is 10.1 Å². The predicted molar refractivity (Wildman–Crippen MR) is 73.1 cm³/mol. The molecular formula is C15H25NO. The number of hydrogen-bond acceptors (Lipinski definition) is 2. The maximum atomic E-state index is 5.69. The maximum Gasteiger partial charge on any atom is 0.0976 e. The van der Waals surface area contributed by atoms with E-state index in [0.29, 0.717) is 12.0 Å². The molecule has 1 aromatic carbocycles. The molecule has 0 spiro atoms. The second-order valence-corrected chi connectivity index (χ2v) is 4.65. The first-order valence-corrected chi connectivity index (χ1v) is 6.49. The summed E-state index contributed by atoms with van der Waals surface area (Å²) in [6.45, 7) is 4.52. The molecule has 0 heterocycles. The smallest absolute Gasteiger partial charge is 0.0976 e. The number of ether oxygens (including phenoxy) is 1. The van der Waals surface area contributed by atoms with Crippen LogP contribution in [0.5, 0.6) is 0 Å². The van der Waals surface area contributed by atoms with Crippen LogP contribution in [0, 0.1) is 5.92 Å². The number of nitrogens with one attached hydrogen (secondary N) is 1. The largest absolute Gasteiger partial charge is 0.375 e. The average molecular weight is 235 g/mol. The Morgan fingerprint density at radius 2 is 1.88 bits per heavy atom. The molecule has 0 fully saturated rings. The summed E-state index contributed by atoms with van der Waals surface area (Å²) in [5.41, 5.74) is 1.25. The fourth-order valence-corrected chi connectivity index (χ4v) is 2.50. The summed E-state index contributed by atoms with van der Waals surface area (Å²) in [7, 11) is 3.81. The summed E-state index contributed by atoms with van der Waals surface area (Å²) in [5.74, 6) is 0.607. The van der Waals surface area contributed by atoms with Gasteiger partial charge in [-0.3, -0.25) is 0 Å². The van der Waals surface area contributed by atoms with Crippen molar-refractivity contribution in [1.82, 2.24) is 5.32 Å². The molecule has 1 aromatic rings. The lowest BCUT2D eigenvalue weighted by molar-refractivity contribution is 0.0504. The van der Waals surface area contributed by atoms with E-state index in [0.717, 1.165) is 0 Å². The van der Waals surface area contributed by atoms with Crippen molar-refractivity contribution in [3.63, 3.8) is 0 Å². The number of benzene rings is 1. The minimum atomic E-state index is 0.128. The summed E-state index contributed by atoms with van der Waals surface area (Å²) >= 11 is 0. The highest BCUT2D eigenvalue weighted by Crippen LogP contribution is 2.27. The molecule has 0 saturated heterocycles. The number of rotatable bonds is 7. The molecule has 0 radical (unpaired) electrons. The first kappa shape index (κ1) is 14.2. The van der Waals surface area contributed by atoms with E-state index in [1.165, 1.54) is 18.4 Å². The lowest BCUT2D eigenvalue weighted by Crippen LogP contribution is -2.38. The molecule has 0 amide bonds.